The molecule has 1 fully saturated rings. The molecule has 0 saturated heterocycles. The Kier molecular flexibility index (Phi) is 5.33. The van der Waals surface area contributed by atoms with Crippen molar-refractivity contribution >= 4 is 23.2 Å². The van der Waals surface area contributed by atoms with E-state index in [1.54, 1.807) is 12.3 Å². The SMILES string of the molecule is CCOC(=O)c1nc(C(=O)N(CCC(C)C)C2CC2)cs1. The van der Waals surface area contributed by atoms with Crippen LogP contribution in [0.3, 0.4) is 0 Å². The zero-order chi connectivity index (χ0) is 15.4. The molecule has 116 valence electrons. The van der Waals surface area contributed by atoms with Gasteiger partial charge in [0, 0.05) is 18.0 Å². The van der Waals surface area contributed by atoms with E-state index >= 15 is 0 Å². The summed E-state index contributed by atoms with van der Waals surface area (Å²) in [5.74, 6) is 0.0382. The summed E-state index contributed by atoms with van der Waals surface area (Å²) in [6.07, 6.45) is 3.12. The van der Waals surface area contributed by atoms with E-state index in [-0.39, 0.29) is 10.9 Å². The van der Waals surface area contributed by atoms with E-state index in [0.29, 0.717) is 24.3 Å². The molecule has 1 aliphatic rings. The van der Waals surface area contributed by atoms with Crippen LogP contribution >= 0.6 is 11.3 Å². The minimum Gasteiger partial charge on any atom is -0.461 e. The van der Waals surface area contributed by atoms with Gasteiger partial charge in [0.25, 0.3) is 5.91 Å². The van der Waals surface area contributed by atoms with Gasteiger partial charge in [-0.2, -0.15) is 0 Å². The van der Waals surface area contributed by atoms with Crippen LogP contribution in [-0.2, 0) is 4.74 Å². The molecule has 1 saturated carbocycles. The van der Waals surface area contributed by atoms with Gasteiger partial charge in [-0.15, -0.1) is 11.3 Å². The highest BCUT2D eigenvalue weighted by atomic mass is 32.1. The van der Waals surface area contributed by atoms with Crippen molar-refractivity contribution in [2.45, 2.75) is 46.1 Å². The lowest BCUT2D eigenvalue weighted by molar-refractivity contribution is 0.0526. The first-order valence-electron chi connectivity index (χ1n) is 7.46. The third kappa shape index (κ3) is 4.27. The molecule has 2 rings (SSSR count). The van der Waals surface area contributed by atoms with Gasteiger partial charge in [0.1, 0.15) is 5.69 Å². The summed E-state index contributed by atoms with van der Waals surface area (Å²) in [5, 5.41) is 1.90. The zero-order valence-corrected chi connectivity index (χ0v) is 13.6. The predicted octanol–water partition coefficient (Wildman–Crippen LogP) is 2.97. The molecule has 0 unspecified atom stereocenters. The Hall–Kier alpha value is -1.43. The van der Waals surface area contributed by atoms with Crippen LogP contribution in [-0.4, -0.2) is 41.0 Å². The Labute approximate surface area is 129 Å². The van der Waals surface area contributed by atoms with Crippen LogP contribution in [0.4, 0.5) is 0 Å². The molecule has 21 heavy (non-hydrogen) atoms. The fraction of sp³-hybridized carbons (Fsp3) is 0.667. The topological polar surface area (TPSA) is 59.5 Å². The molecule has 1 aromatic rings. The number of esters is 1. The van der Waals surface area contributed by atoms with Crippen molar-refractivity contribution in [3.63, 3.8) is 0 Å². The van der Waals surface area contributed by atoms with E-state index in [1.165, 1.54) is 11.3 Å². The van der Waals surface area contributed by atoms with Gasteiger partial charge in [0.05, 0.1) is 6.61 Å². The number of hydrogen-bond donors (Lipinski definition) is 0. The molecule has 0 aromatic carbocycles. The molecule has 1 heterocycles. The van der Waals surface area contributed by atoms with Gasteiger partial charge < -0.3 is 9.64 Å². The molecule has 0 N–H and O–H groups in total. The highest BCUT2D eigenvalue weighted by molar-refractivity contribution is 7.11. The largest absolute Gasteiger partial charge is 0.461 e. The highest BCUT2D eigenvalue weighted by Crippen LogP contribution is 2.29. The molecule has 6 heteroatoms. The van der Waals surface area contributed by atoms with Crippen molar-refractivity contribution < 1.29 is 14.3 Å². The Morgan fingerprint density at radius 1 is 1.48 bits per heavy atom. The standard InChI is InChI=1S/C15H22N2O3S/c1-4-20-15(19)13-16-12(9-21-13)14(18)17(11-5-6-11)8-7-10(2)3/h9-11H,4-8H2,1-3H3. The minimum absolute atomic E-state index is 0.0649. The average molecular weight is 310 g/mol. The van der Waals surface area contributed by atoms with E-state index in [1.807, 2.05) is 4.90 Å². The number of carbonyl (C=O) groups is 2. The summed E-state index contributed by atoms with van der Waals surface area (Å²) >= 11 is 1.17. The van der Waals surface area contributed by atoms with Crippen LogP contribution in [0.15, 0.2) is 5.38 Å². The van der Waals surface area contributed by atoms with Crippen molar-refractivity contribution in [2.24, 2.45) is 5.92 Å². The Balaban J connectivity index is 2.04. The fourth-order valence-electron chi connectivity index (χ4n) is 2.04. The number of ether oxygens (including phenoxy) is 1. The second kappa shape index (κ2) is 7.02. The van der Waals surface area contributed by atoms with Gasteiger partial charge in [-0.3, -0.25) is 4.79 Å². The summed E-state index contributed by atoms with van der Waals surface area (Å²) in [4.78, 5) is 30.2. The summed E-state index contributed by atoms with van der Waals surface area (Å²) in [6.45, 7) is 7.12. The number of amides is 1. The lowest BCUT2D eigenvalue weighted by atomic mass is 10.1. The molecule has 0 spiro atoms. The number of rotatable bonds is 7. The summed E-state index contributed by atoms with van der Waals surface area (Å²) in [7, 11) is 0. The van der Waals surface area contributed by atoms with Crippen LogP contribution in [0.5, 0.6) is 0 Å². The van der Waals surface area contributed by atoms with Crippen LogP contribution in [0.2, 0.25) is 0 Å². The second-order valence-electron chi connectivity index (χ2n) is 5.67. The average Bonchev–Trinajstić information content (AvgIpc) is 3.14. The van der Waals surface area contributed by atoms with Gasteiger partial charge in [0.2, 0.25) is 5.01 Å². The normalized spacial score (nSPS) is 14.3. The predicted molar refractivity (Wildman–Crippen MR) is 81.6 cm³/mol. The molecule has 1 aromatic heterocycles. The minimum atomic E-state index is -0.457. The Morgan fingerprint density at radius 3 is 2.76 bits per heavy atom. The quantitative estimate of drug-likeness (QED) is 0.726. The molecule has 0 bridgehead atoms. The van der Waals surface area contributed by atoms with Crippen molar-refractivity contribution in [2.75, 3.05) is 13.2 Å². The van der Waals surface area contributed by atoms with Gasteiger partial charge in [-0.1, -0.05) is 13.8 Å². The first-order valence-corrected chi connectivity index (χ1v) is 8.34. The van der Waals surface area contributed by atoms with Crippen molar-refractivity contribution in [3.05, 3.63) is 16.1 Å². The number of thiazole rings is 1. The van der Waals surface area contributed by atoms with Gasteiger partial charge in [-0.25, -0.2) is 9.78 Å². The molecule has 0 aliphatic heterocycles. The van der Waals surface area contributed by atoms with Crippen molar-refractivity contribution in [1.82, 2.24) is 9.88 Å². The lowest BCUT2D eigenvalue weighted by Gasteiger charge is -2.22. The van der Waals surface area contributed by atoms with E-state index < -0.39 is 5.97 Å². The Bertz CT molecular complexity index is 509. The first kappa shape index (κ1) is 15.9. The second-order valence-corrected chi connectivity index (χ2v) is 6.53. The number of carbonyl (C=O) groups excluding carboxylic acids is 2. The highest BCUT2D eigenvalue weighted by Gasteiger charge is 2.34. The zero-order valence-electron chi connectivity index (χ0n) is 12.8. The van der Waals surface area contributed by atoms with Crippen LogP contribution in [0.25, 0.3) is 0 Å². The monoisotopic (exact) mass is 310 g/mol. The van der Waals surface area contributed by atoms with Crippen LogP contribution < -0.4 is 0 Å². The summed E-state index contributed by atoms with van der Waals surface area (Å²) in [5.41, 5.74) is 0.360. The first-order chi connectivity index (χ1) is 10.0. The maximum atomic E-state index is 12.6. The molecular weight excluding hydrogens is 288 g/mol. The van der Waals surface area contributed by atoms with Gasteiger partial charge in [0.15, 0.2) is 0 Å². The number of aromatic nitrogens is 1. The number of hydrogen-bond acceptors (Lipinski definition) is 5. The molecule has 0 radical (unpaired) electrons. The third-order valence-corrected chi connectivity index (χ3v) is 4.19. The number of nitrogens with zero attached hydrogens (tertiary/aromatic N) is 2. The molecule has 1 amide bonds. The van der Waals surface area contributed by atoms with Gasteiger partial charge in [-0.05, 0) is 32.1 Å². The van der Waals surface area contributed by atoms with Crippen molar-refractivity contribution in [3.8, 4) is 0 Å². The molecular formula is C15H22N2O3S. The van der Waals surface area contributed by atoms with E-state index in [2.05, 4.69) is 18.8 Å². The lowest BCUT2D eigenvalue weighted by Crippen LogP contribution is -2.34. The third-order valence-electron chi connectivity index (χ3n) is 3.37. The van der Waals surface area contributed by atoms with Gasteiger partial charge >= 0.3 is 5.97 Å². The molecule has 1 aliphatic carbocycles. The molecule has 5 nitrogen and oxygen atoms in total. The maximum absolute atomic E-state index is 12.6. The fourth-order valence-corrected chi connectivity index (χ4v) is 2.72. The molecule has 0 atom stereocenters. The summed E-state index contributed by atoms with van der Waals surface area (Å²) in [6, 6.07) is 0.351. The Morgan fingerprint density at radius 2 is 2.19 bits per heavy atom. The van der Waals surface area contributed by atoms with E-state index in [0.717, 1.165) is 25.8 Å². The van der Waals surface area contributed by atoms with Crippen LogP contribution in [0.1, 0.15) is 60.3 Å². The summed E-state index contributed by atoms with van der Waals surface area (Å²) < 4.78 is 4.90. The smallest absolute Gasteiger partial charge is 0.367 e. The maximum Gasteiger partial charge on any atom is 0.367 e. The van der Waals surface area contributed by atoms with Crippen molar-refractivity contribution in [1.29, 1.82) is 0 Å². The van der Waals surface area contributed by atoms with E-state index in [9.17, 15) is 9.59 Å². The van der Waals surface area contributed by atoms with E-state index in [4.69, 9.17) is 4.74 Å². The van der Waals surface area contributed by atoms with Crippen LogP contribution in [0, 0.1) is 5.92 Å².